The van der Waals surface area contributed by atoms with Crippen molar-refractivity contribution in [2.24, 2.45) is 0 Å². The van der Waals surface area contributed by atoms with Crippen LogP contribution in [0.3, 0.4) is 0 Å². The maximum atomic E-state index is 13.7. The van der Waals surface area contributed by atoms with Gasteiger partial charge in [-0.25, -0.2) is 9.78 Å². The summed E-state index contributed by atoms with van der Waals surface area (Å²) in [5, 5.41) is 10.9. The normalized spacial score (nSPS) is 13.6. The van der Waals surface area contributed by atoms with Crippen molar-refractivity contribution >= 4 is 44.3 Å². The van der Waals surface area contributed by atoms with Gasteiger partial charge in [0, 0.05) is 29.6 Å². The van der Waals surface area contributed by atoms with Gasteiger partial charge >= 0.3 is 5.97 Å². The number of aryl methyl sites for hydroxylation is 1. The van der Waals surface area contributed by atoms with Crippen molar-refractivity contribution in [3.05, 3.63) is 101 Å². The molecule has 0 atom stereocenters. The molecule has 1 aliphatic rings. The minimum atomic E-state index is -0.961. The van der Waals surface area contributed by atoms with Gasteiger partial charge in [-0.05, 0) is 67.6 Å². The van der Waals surface area contributed by atoms with Crippen LogP contribution in [0.5, 0.6) is 0 Å². The molecule has 4 heterocycles. The van der Waals surface area contributed by atoms with E-state index in [0.717, 1.165) is 87.1 Å². The van der Waals surface area contributed by atoms with E-state index < -0.39 is 5.97 Å². The molecule has 0 radical (unpaired) electrons. The molecule has 3 aromatic carbocycles. The van der Waals surface area contributed by atoms with Gasteiger partial charge in [-0.1, -0.05) is 66.2 Å². The zero-order valence-electron chi connectivity index (χ0n) is 23.9. The highest BCUT2D eigenvalue weighted by molar-refractivity contribution is 7.21. The van der Waals surface area contributed by atoms with E-state index in [9.17, 15) is 14.7 Å². The van der Waals surface area contributed by atoms with E-state index in [4.69, 9.17) is 4.98 Å². The molecule has 7 rings (SSSR count). The third kappa shape index (κ3) is 5.10. The number of carboxylic acid groups (broad SMARTS) is 1. The Morgan fingerprint density at radius 2 is 1.63 bits per heavy atom. The van der Waals surface area contributed by atoms with Crippen LogP contribution < -0.4 is 0 Å². The summed E-state index contributed by atoms with van der Waals surface area (Å²) >= 11 is 1.27. The second-order valence-electron chi connectivity index (χ2n) is 11.2. The van der Waals surface area contributed by atoms with Crippen molar-refractivity contribution in [1.29, 1.82) is 0 Å². The lowest BCUT2D eigenvalue weighted by Crippen LogP contribution is -2.37. The number of benzene rings is 3. The van der Waals surface area contributed by atoms with Crippen molar-refractivity contribution in [3.8, 4) is 33.6 Å². The molecule has 1 saturated heterocycles. The van der Waals surface area contributed by atoms with E-state index >= 15 is 0 Å². The monoisotopic (exact) mass is 585 g/mol. The average molecular weight is 586 g/mol. The fraction of sp³-hybridized carbons (Fsp3) is 0.194. The number of likely N-dealkylation sites (tertiary alicyclic amines) is 1. The zero-order valence-corrected chi connectivity index (χ0v) is 24.7. The summed E-state index contributed by atoms with van der Waals surface area (Å²) in [6.45, 7) is 3.76. The number of aromatic nitrogens is 2. The molecule has 7 heteroatoms. The largest absolute Gasteiger partial charge is 0.477 e. The van der Waals surface area contributed by atoms with Gasteiger partial charge in [0.05, 0.1) is 27.1 Å². The highest BCUT2D eigenvalue weighted by Gasteiger charge is 2.27. The van der Waals surface area contributed by atoms with Crippen LogP contribution in [0.15, 0.2) is 91.0 Å². The van der Waals surface area contributed by atoms with Gasteiger partial charge in [-0.2, -0.15) is 0 Å². The van der Waals surface area contributed by atoms with Crippen molar-refractivity contribution in [2.45, 2.75) is 32.7 Å². The lowest BCUT2D eigenvalue weighted by atomic mass is 9.99. The summed E-state index contributed by atoms with van der Waals surface area (Å²) in [5.74, 6) is -0.900. The van der Waals surface area contributed by atoms with Gasteiger partial charge in [0.1, 0.15) is 11.4 Å². The summed E-state index contributed by atoms with van der Waals surface area (Å²) in [4.78, 5) is 32.9. The van der Waals surface area contributed by atoms with Gasteiger partial charge in [-0.15, -0.1) is 11.3 Å². The molecule has 6 aromatic rings. The topological polar surface area (TPSA) is 75.4 Å². The first-order valence-electron chi connectivity index (χ1n) is 14.7. The van der Waals surface area contributed by atoms with E-state index in [-0.39, 0.29) is 17.3 Å². The molecule has 0 aliphatic carbocycles. The SMILES string of the molecule is Cc1cccc(-c2ccc3cc(-c4c(-c5ccccc5)c5sc(C(=O)O)cc5n4CC(=O)N4CCCCC4)ccc3n2)c1. The second-order valence-corrected chi connectivity index (χ2v) is 12.3. The third-order valence-electron chi connectivity index (χ3n) is 8.29. The Hall–Kier alpha value is -4.75. The average Bonchev–Trinajstić information content (AvgIpc) is 3.60. The maximum absolute atomic E-state index is 13.7. The number of carboxylic acids is 1. The number of piperidine rings is 1. The highest BCUT2D eigenvalue weighted by atomic mass is 32.1. The molecule has 1 fully saturated rings. The Labute approximate surface area is 253 Å². The fourth-order valence-electron chi connectivity index (χ4n) is 6.18. The van der Waals surface area contributed by atoms with Crippen LogP contribution >= 0.6 is 11.3 Å². The Kier molecular flexibility index (Phi) is 7.03. The number of aromatic carboxylic acids is 1. The Bertz CT molecular complexity index is 2000. The quantitative estimate of drug-likeness (QED) is 0.213. The summed E-state index contributed by atoms with van der Waals surface area (Å²) in [6, 6.07) is 30.5. The number of hydrogen-bond acceptors (Lipinski definition) is 4. The van der Waals surface area contributed by atoms with E-state index in [2.05, 4.69) is 49.4 Å². The van der Waals surface area contributed by atoms with Crippen LogP contribution in [0.25, 0.3) is 54.8 Å². The lowest BCUT2D eigenvalue weighted by molar-refractivity contribution is -0.132. The second kappa shape index (κ2) is 11.2. The minimum absolute atomic E-state index is 0.0609. The predicted octanol–water partition coefficient (Wildman–Crippen LogP) is 8.27. The number of hydrogen-bond donors (Lipinski definition) is 1. The van der Waals surface area contributed by atoms with Crippen molar-refractivity contribution in [1.82, 2.24) is 14.5 Å². The highest BCUT2D eigenvalue weighted by Crippen LogP contribution is 2.45. The van der Waals surface area contributed by atoms with Crippen LogP contribution in [0.1, 0.15) is 34.5 Å². The molecule has 3 aromatic heterocycles. The Balaban J connectivity index is 1.42. The van der Waals surface area contributed by atoms with Crippen molar-refractivity contribution in [2.75, 3.05) is 13.1 Å². The first kappa shape index (κ1) is 27.1. The number of carbonyl (C=O) groups is 2. The predicted molar refractivity (Wildman–Crippen MR) is 174 cm³/mol. The van der Waals surface area contributed by atoms with Gasteiger partial charge in [0.25, 0.3) is 0 Å². The molecule has 214 valence electrons. The number of carbonyl (C=O) groups excluding carboxylic acids is 1. The van der Waals surface area contributed by atoms with Crippen LogP contribution in [-0.2, 0) is 11.3 Å². The molecule has 6 nitrogen and oxygen atoms in total. The van der Waals surface area contributed by atoms with Crippen LogP contribution in [-0.4, -0.2) is 44.5 Å². The molecule has 43 heavy (non-hydrogen) atoms. The number of amides is 1. The first-order chi connectivity index (χ1) is 21.0. The molecule has 0 unspecified atom stereocenters. The van der Waals surface area contributed by atoms with Crippen LogP contribution in [0.2, 0.25) is 0 Å². The van der Waals surface area contributed by atoms with Crippen LogP contribution in [0, 0.1) is 6.92 Å². The summed E-state index contributed by atoms with van der Waals surface area (Å²) < 4.78 is 2.91. The standard InChI is InChI=1S/C36H31N3O3S/c1-23-9-8-12-25(19-23)28-15-13-26-20-27(14-16-29(26)37-28)34-33(24-10-4-2-5-11-24)35-30(21-31(43-35)36(41)42)39(34)22-32(40)38-17-6-3-7-18-38/h2,4-5,8-16,19-21H,3,6-7,17-18,22H2,1H3,(H,41,42). The minimum Gasteiger partial charge on any atom is -0.477 e. The first-order valence-corrected chi connectivity index (χ1v) is 15.5. The number of thiophene rings is 1. The van der Waals surface area contributed by atoms with Crippen molar-refractivity contribution in [3.63, 3.8) is 0 Å². The number of fused-ring (bicyclic) bond motifs is 2. The summed E-state index contributed by atoms with van der Waals surface area (Å²) in [5.41, 5.74) is 8.66. The van der Waals surface area contributed by atoms with E-state index in [0.29, 0.717) is 0 Å². The fourth-order valence-corrected chi connectivity index (χ4v) is 7.25. The molecule has 0 spiro atoms. The zero-order chi connectivity index (χ0) is 29.5. The van der Waals surface area contributed by atoms with E-state index in [1.165, 1.54) is 16.9 Å². The Morgan fingerprint density at radius 3 is 2.40 bits per heavy atom. The smallest absolute Gasteiger partial charge is 0.345 e. The number of pyridine rings is 1. The molecular weight excluding hydrogens is 554 g/mol. The molecule has 1 amide bonds. The third-order valence-corrected chi connectivity index (χ3v) is 9.42. The molecule has 1 aliphatic heterocycles. The van der Waals surface area contributed by atoms with Gasteiger partial charge in [0.2, 0.25) is 5.91 Å². The van der Waals surface area contributed by atoms with Gasteiger partial charge in [0.15, 0.2) is 0 Å². The summed E-state index contributed by atoms with van der Waals surface area (Å²) in [7, 11) is 0. The molecule has 0 saturated carbocycles. The number of rotatable bonds is 6. The van der Waals surface area contributed by atoms with Gasteiger partial charge < -0.3 is 14.6 Å². The lowest BCUT2D eigenvalue weighted by Gasteiger charge is -2.27. The van der Waals surface area contributed by atoms with E-state index in [1.807, 2.05) is 51.9 Å². The molecule has 1 N–H and O–H groups in total. The maximum Gasteiger partial charge on any atom is 0.345 e. The Morgan fingerprint density at radius 1 is 0.837 bits per heavy atom. The summed E-state index contributed by atoms with van der Waals surface area (Å²) in [6.07, 6.45) is 3.17. The van der Waals surface area contributed by atoms with Crippen LogP contribution in [0.4, 0.5) is 0 Å². The molecular formula is C36H31N3O3S. The number of nitrogens with zero attached hydrogens (tertiary/aromatic N) is 3. The van der Waals surface area contributed by atoms with E-state index in [1.54, 1.807) is 6.07 Å². The molecule has 0 bridgehead atoms. The van der Waals surface area contributed by atoms with Crippen molar-refractivity contribution < 1.29 is 14.7 Å². The van der Waals surface area contributed by atoms with Gasteiger partial charge in [-0.3, -0.25) is 4.79 Å².